The molecule has 250 valence electrons. The molecular weight excluding hydrogens is 673 g/mol. The Kier molecular flexibility index (Phi) is 9.95. The molecule has 0 saturated heterocycles. The second-order valence-corrected chi connectivity index (χ2v) is 15.8. The van der Waals surface area contributed by atoms with Crippen LogP contribution in [0.2, 0.25) is 0 Å². The van der Waals surface area contributed by atoms with Crippen LogP contribution in [0.5, 0.6) is 0 Å². The van der Waals surface area contributed by atoms with Crippen LogP contribution in [-0.2, 0) is 29.0 Å². The van der Waals surface area contributed by atoms with Gasteiger partial charge in [-0.25, -0.2) is 9.59 Å². The molecule has 3 aromatic carbocycles. The van der Waals surface area contributed by atoms with Gasteiger partial charge in [-0.1, -0.05) is 72.8 Å². The minimum Gasteiger partial charge on any atom is -0.465 e. The van der Waals surface area contributed by atoms with E-state index >= 15 is 0 Å². The second kappa shape index (κ2) is 14.7. The van der Waals surface area contributed by atoms with Gasteiger partial charge in [-0.2, -0.15) is 0 Å². The molecule has 2 aliphatic heterocycles. The number of hydrogen-bond acceptors (Lipinski definition) is 8. The number of ether oxygens (including phenoxy) is 1. The van der Waals surface area contributed by atoms with Crippen molar-refractivity contribution in [2.24, 2.45) is 0 Å². The summed E-state index contributed by atoms with van der Waals surface area (Å²) >= 11 is 4.61. The fourth-order valence-electron chi connectivity index (χ4n) is 6.37. The molecule has 2 N–H and O–H groups in total. The Hall–Kier alpha value is -4.29. The number of nitrogens with zero attached hydrogens (tertiary/aromatic N) is 2. The number of amides is 3. The fraction of sp³-hybridized carbons (Fsp3) is 0.237. The number of anilines is 3. The van der Waals surface area contributed by atoms with Gasteiger partial charge in [0.2, 0.25) is 5.91 Å². The van der Waals surface area contributed by atoms with E-state index in [4.69, 9.17) is 4.74 Å². The van der Waals surface area contributed by atoms with E-state index in [0.29, 0.717) is 29.2 Å². The van der Waals surface area contributed by atoms with Crippen molar-refractivity contribution in [3.05, 3.63) is 125 Å². The molecule has 0 spiro atoms. The Morgan fingerprint density at radius 3 is 2.61 bits per heavy atom. The number of methoxy groups -OCH3 is 1. The van der Waals surface area contributed by atoms with Gasteiger partial charge in [-0.15, -0.1) is 34.9 Å². The van der Waals surface area contributed by atoms with Gasteiger partial charge in [0, 0.05) is 40.0 Å². The van der Waals surface area contributed by atoms with Crippen LogP contribution in [0, 0.1) is 0 Å². The maximum absolute atomic E-state index is 13.8. The number of fused-ring (bicyclic) bond motifs is 3. The molecule has 3 aliphatic rings. The molecule has 0 fully saturated rings. The average Bonchev–Trinajstić information content (AvgIpc) is 3.47. The molecule has 0 saturated carbocycles. The molecule has 3 unspecified atom stereocenters. The number of hydrogen-bond donors (Lipinski definition) is 2. The summed E-state index contributed by atoms with van der Waals surface area (Å²) in [6, 6.07) is 25.5. The zero-order valence-electron chi connectivity index (χ0n) is 27.1. The van der Waals surface area contributed by atoms with Crippen LogP contribution in [0.3, 0.4) is 0 Å². The van der Waals surface area contributed by atoms with E-state index in [0.717, 1.165) is 39.0 Å². The Bertz CT molecular complexity index is 1940. The smallest absolute Gasteiger partial charge is 0.341 e. The summed E-state index contributed by atoms with van der Waals surface area (Å²) in [6.07, 6.45) is 8.92. The third kappa shape index (κ3) is 7.21. The van der Waals surface area contributed by atoms with Crippen molar-refractivity contribution in [1.82, 2.24) is 4.90 Å². The number of rotatable bonds is 8. The fourth-order valence-corrected chi connectivity index (χ4v) is 9.83. The number of thioether (sulfide) groups is 2. The average molecular weight is 709 g/mol. The highest BCUT2D eigenvalue weighted by atomic mass is 32.2. The maximum Gasteiger partial charge on any atom is 0.341 e. The first-order valence-electron chi connectivity index (χ1n) is 16.2. The predicted octanol–water partition coefficient (Wildman–Crippen LogP) is 8.22. The van der Waals surface area contributed by atoms with Gasteiger partial charge in [-0.05, 0) is 54.8 Å². The van der Waals surface area contributed by atoms with Crippen LogP contribution in [0.15, 0.2) is 113 Å². The first-order valence-corrected chi connectivity index (χ1v) is 18.7. The van der Waals surface area contributed by atoms with Crippen LogP contribution in [0.25, 0.3) is 0 Å². The summed E-state index contributed by atoms with van der Waals surface area (Å²) < 4.78 is 5.15. The van der Waals surface area contributed by atoms with E-state index in [1.54, 1.807) is 11.8 Å². The minimum atomic E-state index is -0.476. The third-order valence-corrected chi connectivity index (χ3v) is 12.3. The zero-order chi connectivity index (χ0) is 33.9. The monoisotopic (exact) mass is 708 g/mol. The van der Waals surface area contributed by atoms with Crippen molar-refractivity contribution >= 4 is 69.1 Å². The molecule has 4 aromatic rings. The lowest BCUT2D eigenvalue weighted by Gasteiger charge is -2.40. The lowest BCUT2D eigenvalue weighted by Crippen LogP contribution is -2.49. The van der Waals surface area contributed by atoms with E-state index in [9.17, 15) is 14.4 Å². The Balaban J connectivity index is 1.03. The highest BCUT2D eigenvalue weighted by molar-refractivity contribution is 8.00. The van der Waals surface area contributed by atoms with Gasteiger partial charge in [-0.3, -0.25) is 14.6 Å². The van der Waals surface area contributed by atoms with Crippen molar-refractivity contribution in [3.8, 4) is 0 Å². The lowest BCUT2D eigenvalue weighted by molar-refractivity contribution is -0.115. The van der Waals surface area contributed by atoms with Crippen LogP contribution in [0.4, 0.5) is 21.2 Å². The van der Waals surface area contributed by atoms with Gasteiger partial charge in [0.25, 0.3) is 0 Å². The topological polar surface area (TPSA) is 91.0 Å². The summed E-state index contributed by atoms with van der Waals surface area (Å²) in [4.78, 5) is 47.4. The van der Waals surface area contributed by atoms with Crippen molar-refractivity contribution in [2.75, 3.05) is 29.2 Å². The standard InChI is InChI=1S/C38H36N4O4S3/c1-24(35(43)40-36-34(37(44)46-2)28-19-20-41(23-33(28)49-36)22-25-11-4-3-5-12-25)47-27-14-10-13-26(21-27)39-38(45)42-29-15-6-8-17-31(29)48-32-18-9-7-16-30(32)42/h3-18,21,24,29,31H,19-20,22-23H2,1-2H3,(H,39,45)(H,40,43). The quantitative estimate of drug-likeness (QED) is 0.141. The number of thiophene rings is 1. The summed E-state index contributed by atoms with van der Waals surface area (Å²) in [6.45, 7) is 4.17. The molecule has 3 amide bonds. The van der Waals surface area contributed by atoms with Crippen LogP contribution in [-0.4, -0.2) is 53.0 Å². The van der Waals surface area contributed by atoms with Gasteiger partial charge in [0.15, 0.2) is 0 Å². The van der Waals surface area contributed by atoms with E-state index < -0.39 is 11.2 Å². The van der Waals surface area contributed by atoms with Crippen molar-refractivity contribution in [3.63, 3.8) is 0 Å². The van der Waals surface area contributed by atoms with E-state index in [1.807, 2.05) is 90.7 Å². The Morgan fingerprint density at radius 1 is 0.980 bits per heavy atom. The Labute approximate surface area is 298 Å². The number of carbonyl (C=O) groups is 3. The number of urea groups is 1. The molecule has 3 heterocycles. The second-order valence-electron chi connectivity index (χ2n) is 12.0. The SMILES string of the molecule is COC(=O)c1c(NC(=O)C(C)Sc2cccc(NC(=O)N3c4ccccc4SC4C=CC=CC43)c2)sc2c1CCN(Cc1ccccc1)C2. The number of benzene rings is 3. The summed E-state index contributed by atoms with van der Waals surface area (Å²) in [5, 5.41) is 6.32. The number of nitrogens with one attached hydrogen (secondary N) is 2. The van der Waals surface area contributed by atoms with E-state index in [-0.39, 0.29) is 23.2 Å². The molecule has 49 heavy (non-hydrogen) atoms. The molecule has 0 radical (unpaired) electrons. The number of esters is 1. The van der Waals surface area contributed by atoms with E-state index in [2.05, 4.69) is 39.8 Å². The number of carbonyl (C=O) groups excluding carboxylic acids is 3. The van der Waals surface area contributed by atoms with Crippen LogP contribution in [0.1, 0.15) is 33.3 Å². The van der Waals surface area contributed by atoms with Crippen molar-refractivity contribution < 1.29 is 19.1 Å². The minimum absolute atomic E-state index is 0.101. The molecule has 1 aromatic heterocycles. The van der Waals surface area contributed by atoms with Gasteiger partial charge in [0.1, 0.15) is 5.00 Å². The molecule has 7 rings (SSSR count). The first kappa shape index (κ1) is 33.2. The van der Waals surface area contributed by atoms with Crippen molar-refractivity contribution in [1.29, 1.82) is 0 Å². The summed E-state index contributed by atoms with van der Waals surface area (Å²) in [7, 11) is 1.37. The molecule has 11 heteroatoms. The Morgan fingerprint density at radius 2 is 1.78 bits per heavy atom. The number of para-hydroxylation sites is 1. The number of allylic oxidation sites excluding steroid dienone is 2. The largest absolute Gasteiger partial charge is 0.465 e. The van der Waals surface area contributed by atoms with E-state index in [1.165, 1.54) is 35.8 Å². The van der Waals surface area contributed by atoms with Crippen LogP contribution < -0.4 is 15.5 Å². The van der Waals surface area contributed by atoms with Crippen LogP contribution >= 0.6 is 34.9 Å². The first-order chi connectivity index (χ1) is 23.9. The third-order valence-electron chi connectivity index (χ3n) is 8.74. The zero-order valence-corrected chi connectivity index (χ0v) is 29.6. The maximum atomic E-state index is 13.8. The predicted molar refractivity (Wildman–Crippen MR) is 200 cm³/mol. The highest BCUT2D eigenvalue weighted by Crippen LogP contribution is 2.44. The molecule has 3 atom stereocenters. The lowest BCUT2D eigenvalue weighted by atomic mass is 10.0. The summed E-state index contributed by atoms with van der Waals surface area (Å²) in [5.74, 6) is -0.649. The van der Waals surface area contributed by atoms with Gasteiger partial charge < -0.3 is 15.4 Å². The molecular formula is C38H36N4O4S3. The molecule has 8 nitrogen and oxygen atoms in total. The molecule has 0 bridgehead atoms. The van der Waals surface area contributed by atoms with Gasteiger partial charge in [0.05, 0.1) is 34.9 Å². The van der Waals surface area contributed by atoms with Crippen molar-refractivity contribution in [2.45, 2.75) is 52.8 Å². The normalized spacial score (nSPS) is 18.5. The van der Waals surface area contributed by atoms with Gasteiger partial charge >= 0.3 is 12.0 Å². The highest BCUT2D eigenvalue weighted by Gasteiger charge is 2.37. The summed E-state index contributed by atoms with van der Waals surface area (Å²) in [5.41, 5.74) is 4.18. The molecule has 1 aliphatic carbocycles.